The van der Waals surface area contributed by atoms with Gasteiger partial charge in [0.1, 0.15) is 5.69 Å². The molecular weight excluding hydrogens is 186 g/mol. The molecule has 14 heavy (non-hydrogen) atoms. The molecule has 0 aliphatic rings. The lowest BCUT2D eigenvalue weighted by atomic mass is 10.1. The SMILES string of the molecule is CNc1c(C=N)ccc(O)c1[N+](=O)[O-]. The number of phenolic OH excluding ortho intramolecular Hbond substituents is 1. The van der Waals surface area contributed by atoms with Crippen LogP contribution >= 0.6 is 0 Å². The van der Waals surface area contributed by atoms with Gasteiger partial charge in [-0.05, 0) is 12.1 Å². The predicted molar refractivity (Wildman–Crippen MR) is 52.2 cm³/mol. The van der Waals surface area contributed by atoms with Gasteiger partial charge in [0.05, 0.1) is 4.92 Å². The molecule has 0 aliphatic heterocycles. The van der Waals surface area contributed by atoms with Crippen molar-refractivity contribution in [3.8, 4) is 5.75 Å². The van der Waals surface area contributed by atoms with E-state index in [2.05, 4.69) is 5.32 Å². The second kappa shape index (κ2) is 3.73. The molecule has 0 amide bonds. The van der Waals surface area contributed by atoms with E-state index in [1.165, 1.54) is 19.2 Å². The van der Waals surface area contributed by atoms with E-state index in [1.54, 1.807) is 0 Å². The van der Waals surface area contributed by atoms with E-state index in [0.717, 1.165) is 6.21 Å². The second-order valence-electron chi connectivity index (χ2n) is 2.55. The van der Waals surface area contributed by atoms with Gasteiger partial charge in [-0.3, -0.25) is 10.1 Å². The predicted octanol–water partition coefficient (Wildman–Crippen LogP) is 1.34. The summed E-state index contributed by atoms with van der Waals surface area (Å²) in [7, 11) is 1.49. The topological polar surface area (TPSA) is 99.2 Å². The van der Waals surface area contributed by atoms with Crippen LogP contribution in [0.1, 0.15) is 5.56 Å². The van der Waals surface area contributed by atoms with Crippen LogP contribution in [0, 0.1) is 15.5 Å². The van der Waals surface area contributed by atoms with Crippen LogP contribution in [0.4, 0.5) is 11.4 Å². The van der Waals surface area contributed by atoms with Gasteiger partial charge < -0.3 is 15.8 Å². The Balaban J connectivity index is 3.50. The third-order valence-corrected chi connectivity index (χ3v) is 1.78. The number of hydrogen-bond donors (Lipinski definition) is 3. The van der Waals surface area contributed by atoms with Crippen LogP contribution in [0.15, 0.2) is 12.1 Å². The van der Waals surface area contributed by atoms with Gasteiger partial charge >= 0.3 is 5.69 Å². The summed E-state index contributed by atoms with van der Waals surface area (Å²) in [5, 5.41) is 29.5. The van der Waals surface area contributed by atoms with Crippen molar-refractivity contribution in [1.82, 2.24) is 0 Å². The molecule has 1 aromatic rings. The van der Waals surface area contributed by atoms with E-state index in [1.807, 2.05) is 0 Å². The van der Waals surface area contributed by atoms with Crippen molar-refractivity contribution in [2.45, 2.75) is 0 Å². The Kier molecular flexibility index (Phi) is 2.66. The molecule has 0 aliphatic carbocycles. The van der Waals surface area contributed by atoms with Gasteiger partial charge in [-0.2, -0.15) is 0 Å². The molecule has 0 spiro atoms. The molecule has 1 rings (SSSR count). The zero-order valence-corrected chi connectivity index (χ0v) is 7.44. The molecule has 0 heterocycles. The third-order valence-electron chi connectivity index (χ3n) is 1.78. The Morgan fingerprint density at radius 1 is 1.64 bits per heavy atom. The molecule has 0 aromatic heterocycles. The molecule has 0 saturated carbocycles. The van der Waals surface area contributed by atoms with Crippen molar-refractivity contribution >= 4 is 17.6 Å². The first-order valence-corrected chi connectivity index (χ1v) is 3.80. The minimum absolute atomic E-state index is 0.144. The van der Waals surface area contributed by atoms with E-state index in [4.69, 9.17) is 5.41 Å². The molecule has 6 heteroatoms. The van der Waals surface area contributed by atoms with Crippen molar-refractivity contribution in [2.75, 3.05) is 12.4 Å². The van der Waals surface area contributed by atoms with Gasteiger partial charge in [0, 0.05) is 18.8 Å². The standard InChI is InChI=1S/C8H9N3O3/c1-10-7-5(4-9)2-3-6(12)8(7)11(13)14/h2-4,9-10,12H,1H3. The zero-order chi connectivity index (χ0) is 10.7. The number of hydrogen-bond acceptors (Lipinski definition) is 5. The number of rotatable bonds is 3. The molecule has 0 fully saturated rings. The molecule has 0 bridgehead atoms. The van der Waals surface area contributed by atoms with Crippen LogP contribution < -0.4 is 5.32 Å². The summed E-state index contributed by atoms with van der Waals surface area (Å²) in [6, 6.07) is 2.63. The number of nitro groups is 1. The van der Waals surface area contributed by atoms with E-state index < -0.39 is 16.4 Å². The number of phenols is 1. The summed E-state index contributed by atoms with van der Waals surface area (Å²) >= 11 is 0. The first-order chi connectivity index (χ1) is 6.61. The summed E-state index contributed by atoms with van der Waals surface area (Å²) in [5.41, 5.74) is 0.0931. The number of anilines is 1. The highest BCUT2D eigenvalue weighted by Crippen LogP contribution is 2.35. The van der Waals surface area contributed by atoms with Gasteiger partial charge in [0.15, 0.2) is 5.75 Å². The highest BCUT2D eigenvalue weighted by molar-refractivity contribution is 5.91. The van der Waals surface area contributed by atoms with E-state index >= 15 is 0 Å². The van der Waals surface area contributed by atoms with Crippen molar-refractivity contribution in [3.05, 3.63) is 27.8 Å². The molecule has 0 radical (unpaired) electrons. The van der Waals surface area contributed by atoms with E-state index in [0.29, 0.717) is 5.56 Å². The van der Waals surface area contributed by atoms with Crippen LogP contribution in [0.25, 0.3) is 0 Å². The third kappa shape index (κ3) is 1.49. The molecule has 74 valence electrons. The zero-order valence-electron chi connectivity index (χ0n) is 7.44. The Bertz CT molecular complexity index is 390. The normalized spacial score (nSPS) is 9.50. The summed E-state index contributed by atoms with van der Waals surface area (Å²) in [6.07, 6.45) is 0.984. The highest BCUT2D eigenvalue weighted by atomic mass is 16.6. The quantitative estimate of drug-likeness (QED) is 0.385. The van der Waals surface area contributed by atoms with E-state index in [-0.39, 0.29) is 5.69 Å². The molecule has 1 aromatic carbocycles. The summed E-state index contributed by atoms with van der Waals surface area (Å²) in [5.74, 6) is -0.412. The first kappa shape index (κ1) is 9.97. The van der Waals surface area contributed by atoms with E-state index in [9.17, 15) is 15.2 Å². The van der Waals surface area contributed by atoms with Gasteiger partial charge in [-0.15, -0.1) is 0 Å². The smallest absolute Gasteiger partial charge is 0.334 e. The maximum absolute atomic E-state index is 10.6. The Hall–Kier alpha value is -2.11. The van der Waals surface area contributed by atoms with Gasteiger partial charge in [-0.1, -0.05) is 0 Å². The molecule has 3 N–H and O–H groups in total. The van der Waals surface area contributed by atoms with Crippen LogP contribution in [0.2, 0.25) is 0 Å². The maximum Gasteiger partial charge on any atom is 0.334 e. The number of aromatic hydroxyl groups is 1. The average molecular weight is 195 g/mol. The van der Waals surface area contributed by atoms with Crippen LogP contribution in [-0.4, -0.2) is 23.3 Å². The summed E-state index contributed by atoms with van der Waals surface area (Å²) in [6.45, 7) is 0. The molecule has 0 atom stereocenters. The molecule has 0 unspecified atom stereocenters. The van der Waals surface area contributed by atoms with Crippen LogP contribution in [0.3, 0.4) is 0 Å². The first-order valence-electron chi connectivity index (χ1n) is 3.80. The fraction of sp³-hybridized carbons (Fsp3) is 0.125. The Morgan fingerprint density at radius 2 is 2.29 bits per heavy atom. The number of nitro benzene ring substituents is 1. The van der Waals surface area contributed by atoms with Crippen molar-refractivity contribution < 1.29 is 10.0 Å². The Labute approximate surface area is 79.8 Å². The van der Waals surface area contributed by atoms with Gasteiger partial charge in [-0.25, -0.2) is 0 Å². The minimum atomic E-state index is -0.686. The number of nitrogens with zero attached hydrogens (tertiary/aromatic N) is 1. The lowest BCUT2D eigenvalue weighted by molar-refractivity contribution is -0.384. The highest BCUT2D eigenvalue weighted by Gasteiger charge is 2.21. The maximum atomic E-state index is 10.6. The minimum Gasteiger partial charge on any atom is -0.502 e. The van der Waals surface area contributed by atoms with Crippen LogP contribution in [0.5, 0.6) is 5.75 Å². The largest absolute Gasteiger partial charge is 0.502 e. The molecule has 6 nitrogen and oxygen atoms in total. The van der Waals surface area contributed by atoms with Crippen molar-refractivity contribution in [3.63, 3.8) is 0 Å². The van der Waals surface area contributed by atoms with Crippen LogP contribution in [-0.2, 0) is 0 Å². The fourth-order valence-corrected chi connectivity index (χ4v) is 1.16. The van der Waals surface area contributed by atoms with Gasteiger partial charge in [0.25, 0.3) is 0 Å². The van der Waals surface area contributed by atoms with Crippen molar-refractivity contribution in [2.24, 2.45) is 0 Å². The second-order valence-corrected chi connectivity index (χ2v) is 2.55. The Morgan fingerprint density at radius 3 is 2.71 bits per heavy atom. The number of benzene rings is 1. The summed E-state index contributed by atoms with van der Waals surface area (Å²) < 4.78 is 0. The monoisotopic (exact) mass is 195 g/mol. The molecule has 0 saturated heterocycles. The van der Waals surface area contributed by atoms with Gasteiger partial charge in [0.2, 0.25) is 0 Å². The van der Waals surface area contributed by atoms with Crippen molar-refractivity contribution in [1.29, 1.82) is 5.41 Å². The number of nitrogens with one attached hydrogen (secondary N) is 2. The average Bonchev–Trinajstić information content (AvgIpc) is 2.16. The lowest BCUT2D eigenvalue weighted by Gasteiger charge is -2.06. The molecular formula is C8H9N3O3. The lowest BCUT2D eigenvalue weighted by Crippen LogP contribution is -2.00. The fourth-order valence-electron chi connectivity index (χ4n) is 1.16. The summed E-state index contributed by atoms with van der Waals surface area (Å²) in [4.78, 5) is 9.91.